The van der Waals surface area contributed by atoms with Crippen LogP contribution in [0.25, 0.3) is 0 Å². The molecule has 15 heteroatoms. The Labute approximate surface area is 423 Å². The first kappa shape index (κ1) is 51.8. The first-order chi connectivity index (χ1) is 33.2. The molecule has 4 atom stereocenters. The van der Waals surface area contributed by atoms with E-state index in [2.05, 4.69) is 44.1 Å². The van der Waals surface area contributed by atoms with E-state index in [9.17, 15) is 24.0 Å². The van der Waals surface area contributed by atoms with Crippen LogP contribution in [0.2, 0.25) is 20.1 Å². The number of esters is 2. The van der Waals surface area contributed by atoms with Crippen LogP contribution in [-0.2, 0) is 54.4 Å². The van der Waals surface area contributed by atoms with E-state index in [1.807, 2.05) is 24.3 Å². The number of cyclic esters (lactones) is 2. The number of ether oxygens (including phenoxy) is 1. The van der Waals surface area contributed by atoms with Gasteiger partial charge >= 0.3 is 17.9 Å². The van der Waals surface area contributed by atoms with Gasteiger partial charge in [0.05, 0.1) is 20.1 Å². The van der Waals surface area contributed by atoms with Crippen molar-refractivity contribution in [2.24, 2.45) is 0 Å². The fraction of sp³-hybridized carbons (Fsp3) is 0.389. The number of aliphatic carboxylic acids is 1. The van der Waals surface area contributed by atoms with Crippen molar-refractivity contribution >= 4 is 87.3 Å². The Morgan fingerprint density at radius 3 is 1.58 bits per heavy atom. The van der Waals surface area contributed by atoms with Gasteiger partial charge in [-0.25, -0.2) is 14.4 Å². The van der Waals surface area contributed by atoms with Crippen molar-refractivity contribution in [2.75, 3.05) is 43.8 Å². The largest absolute Gasteiger partial charge is 0.478 e. The Bertz CT molecular complexity index is 2570. The van der Waals surface area contributed by atoms with Gasteiger partial charge in [-0.05, 0) is 159 Å². The molecule has 0 spiro atoms. The second-order valence-electron chi connectivity index (χ2n) is 18.3. The highest BCUT2D eigenvalue weighted by atomic mass is 35.5. The van der Waals surface area contributed by atoms with Gasteiger partial charge in [-0.15, -0.1) is 0 Å². The standard InChI is InChI=1S/C27H30Cl2N2O3.C23H26Cl2N2O.C4H2O3/c28-24-9-5-18(15-25(24)29)14-21(32)17-23-22-16-20(30-11-3-4-27(33)34)8-6-19(22)7-10-26(23)31-12-1-2-13-31;24-21-7-3-15(12-22(21)25)11-18(28)14-20-19-13-17(26)6-4-16(19)5-8-23(20)27-9-1-2-10-27;5-3-1-2-4(6)7-3/h3-6,8-9,15-16,23,26,30H,1-2,7,10-14,17H2,(H,33,34);3-4,6-7,12-13,20,23H,1-2,5,8-11,14,26H2;1-2H/b4-3-;;/t23-,26-;20-,23-;/m00./s1. The minimum Gasteiger partial charge on any atom is -0.478 e. The number of carboxylic acid groups (broad SMARTS) is 1. The third kappa shape index (κ3) is 14.5. The number of halogens is 4. The molecular formula is C54H58Cl4N4O7. The van der Waals surface area contributed by atoms with Gasteiger partial charge in [-0.3, -0.25) is 19.4 Å². The van der Waals surface area contributed by atoms with E-state index >= 15 is 0 Å². The van der Waals surface area contributed by atoms with Gasteiger partial charge in [0, 0.05) is 85.8 Å². The number of nitrogens with two attached hydrogens (primary N) is 1. The first-order valence-electron chi connectivity index (χ1n) is 23.7. The van der Waals surface area contributed by atoms with Gasteiger partial charge < -0.3 is 20.9 Å². The van der Waals surface area contributed by atoms with Crippen LogP contribution in [0.15, 0.2) is 97.1 Å². The number of hydrogen-bond donors (Lipinski definition) is 3. The number of nitrogens with one attached hydrogen (secondary N) is 1. The highest BCUT2D eigenvalue weighted by Gasteiger charge is 2.37. The molecule has 2 aliphatic carbocycles. The zero-order valence-corrected chi connectivity index (χ0v) is 41.5. The maximum Gasteiger partial charge on any atom is 0.338 e. The summed E-state index contributed by atoms with van der Waals surface area (Å²) in [4.78, 5) is 61.9. The predicted octanol–water partition coefficient (Wildman–Crippen LogP) is 10.6. The molecule has 2 saturated heterocycles. The molecule has 11 nitrogen and oxygen atoms in total. The van der Waals surface area contributed by atoms with Crippen molar-refractivity contribution < 1.29 is 33.8 Å². The number of nitrogen functional groups attached to an aromatic ring is 1. The Hall–Kier alpha value is -5.01. The molecule has 0 aromatic heterocycles. The van der Waals surface area contributed by atoms with Crippen LogP contribution < -0.4 is 11.1 Å². The van der Waals surface area contributed by atoms with E-state index in [0.29, 0.717) is 64.4 Å². The highest BCUT2D eigenvalue weighted by molar-refractivity contribution is 6.42. The number of nitrogens with zero attached hydrogens (tertiary/aromatic N) is 2. The Morgan fingerprint density at radius 1 is 0.652 bits per heavy atom. The molecule has 0 bridgehead atoms. The molecule has 0 amide bonds. The van der Waals surface area contributed by atoms with Gasteiger partial charge in [-0.1, -0.05) is 76.7 Å². The summed E-state index contributed by atoms with van der Waals surface area (Å²) in [5.41, 5.74) is 14.8. The van der Waals surface area contributed by atoms with Crippen LogP contribution in [0.1, 0.15) is 96.6 Å². The van der Waals surface area contributed by atoms with Crippen LogP contribution in [0.3, 0.4) is 0 Å². The molecule has 0 unspecified atom stereocenters. The van der Waals surface area contributed by atoms with Gasteiger partial charge in [0.1, 0.15) is 11.6 Å². The Balaban J connectivity index is 0.000000181. The van der Waals surface area contributed by atoms with E-state index in [4.69, 9.17) is 57.2 Å². The number of anilines is 2. The number of likely N-dealkylation sites (tertiary alicyclic amines) is 2. The van der Waals surface area contributed by atoms with E-state index in [-0.39, 0.29) is 23.4 Å². The summed E-state index contributed by atoms with van der Waals surface area (Å²) in [5.74, 6) is -1.34. The van der Waals surface area contributed by atoms with Gasteiger partial charge in [0.25, 0.3) is 0 Å². The molecule has 5 aliphatic rings. The molecule has 364 valence electrons. The third-order valence-electron chi connectivity index (χ3n) is 13.6. The van der Waals surface area contributed by atoms with Gasteiger partial charge in [0.15, 0.2) is 0 Å². The summed E-state index contributed by atoms with van der Waals surface area (Å²) >= 11 is 24.3. The second-order valence-corrected chi connectivity index (χ2v) is 19.9. The number of ketones is 2. The number of aryl methyl sites for hydroxylation is 2. The topological polar surface area (TPSA) is 159 Å². The lowest BCUT2D eigenvalue weighted by atomic mass is 9.75. The molecule has 4 aromatic rings. The predicted molar refractivity (Wildman–Crippen MR) is 274 cm³/mol. The van der Waals surface area contributed by atoms with Crippen LogP contribution in [0, 0.1) is 0 Å². The summed E-state index contributed by atoms with van der Waals surface area (Å²) in [6, 6.07) is 24.2. The lowest BCUT2D eigenvalue weighted by Gasteiger charge is -2.39. The van der Waals surface area contributed by atoms with Crippen molar-refractivity contribution in [3.63, 3.8) is 0 Å². The van der Waals surface area contributed by atoms with Crippen molar-refractivity contribution in [1.29, 1.82) is 0 Å². The number of rotatable bonds is 14. The maximum atomic E-state index is 13.2. The Morgan fingerprint density at radius 2 is 1.13 bits per heavy atom. The lowest BCUT2D eigenvalue weighted by Crippen LogP contribution is -2.41. The summed E-state index contributed by atoms with van der Waals surface area (Å²) in [7, 11) is 0. The summed E-state index contributed by atoms with van der Waals surface area (Å²) in [6.07, 6.45) is 15.8. The molecule has 69 heavy (non-hydrogen) atoms. The van der Waals surface area contributed by atoms with Gasteiger partial charge in [0.2, 0.25) is 0 Å². The van der Waals surface area contributed by atoms with Crippen molar-refractivity contribution in [3.8, 4) is 0 Å². The maximum absolute atomic E-state index is 13.2. The lowest BCUT2D eigenvalue weighted by molar-refractivity contribution is -0.150. The zero-order valence-electron chi connectivity index (χ0n) is 38.4. The average Bonchev–Trinajstić information content (AvgIpc) is 4.13. The average molecular weight is 1020 g/mol. The summed E-state index contributed by atoms with van der Waals surface area (Å²) in [5, 5.41) is 14.1. The molecule has 0 saturated carbocycles. The molecule has 4 aromatic carbocycles. The molecule has 3 aliphatic heterocycles. The second kappa shape index (κ2) is 24.7. The van der Waals surface area contributed by atoms with Gasteiger partial charge in [-0.2, -0.15) is 0 Å². The summed E-state index contributed by atoms with van der Waals surface area (Å²) in [6.45, 7) is 4.89. The van der Waals surface area contributed by atoms with E-state index < -0.39 is 17.9 Å². The van der Waals surface area contributed by atoms with Crippen LogP contribution in [-0.4, -0.2) is 89.2 Å². The number of carboxylic acids is 1. The van der Waals surface area contributed by atoms with Crippen molar-refractivity contribution in [1.82, 2.24) is 9.80 Å². The Kier molecular flexibility index (Phi) is 18.6. The normalized spacial score (nSPS) is 20.9. The number of fused-ring (bicyclic) bond motifs is 2. The van der Waals surface area contributed by atoms with Crippen molar-refractivity contribution in [2.45, 2.75) is 101 Å². The molecule has 2 fully saturated rings. The van der Waals surface area contributed by atoms with Crippen LogP contribution in [0.5, 0.6) is 0 Å². The van der Waals surface area contributed by atoms with E-state index in [1.165, 1.54) is 47.9 Å². The zero-order chi connectivity index (χ0) is 49.0. The smallest absolute Gasteiger partial charge is 0.338 e. The number of Topliss-reactive ketones (excluding diaryl/α,β-unsaturated/α-hetero) is 2. The molecule has 4 N–H and O–H groups in total. The van der Waals surface area contributed by atoms with E-state index in [1.54, 1.807) is 30.3 Å². The number of carbonyl (C=O) groups excluding carboxylic acids is 4. The van der Waals surface area contributed by atoms with Crippen LogP contribution in [0.4, 0.5) is 11.4 Å². The molecule has 0 radical (unpaired) electrons. The molecular weight excluding hydrogens is 958 g/mol. The minimum atomic E-state index is -0.957. The number of carbonyl (C=O) groups is 5. The SMILES string of the molecule is Nc1ccc2c(c1)[C@H](CC(=O)Cc1ccc(Cl)c(Cl)c1)[C@@H](N1CCCC1)CC2.O=C(O)/C=C\CNc1ccc2c(c1)[C@H](CC(=O)Cc1ccc(Cl)c(Cl)c1)[C@@H](N1CCCC1)CC2.O=C1C=CC(=O)O1. The quantitative estimate of drug-likeness (QED) is 0.0478. The minimum absolute atomic E-state index is 0.133. The third-order valence-corrected chi connectivity index (χ3v) is 15.1. The van der Waals surface area contributed by atoms with Crippen LogP contribution >= 0.6 is 46.4 Å². The summed E-state index contributed by atoms with van der Waals surface area (Å²) < 4.78 is 3.97. The fourth-order valence-electron chi connectivity index (χ4n) is 10.4. The number of hydrogen-bond acceptors (Lipinski definition) is 10. The molecule has 3 heterocycles. The monoisotopic (exact) mass is 1010 g/mol. The first-order valence-corrected chi connectivity index (χ1v) is 25.2. The van der Waals surface area contributed by atoms with Crippen molar-refractivity contribution in [3.05, 3.63) is 151 Å². The van der Waals surface area contributed by atoms with E-state index in [0.717, 1.165) is 92.6 Å². The highest BCUT2D eigenvalue weighted by Crippen LogP contribution is 2.41. The number of benzene rings is 4. The fourth-order valence-corrected chi connectivity index (χ4v) is 11.1. The molecule has 9 rings (SSSR count).